The molecule has 0 bridgehead atoms. The standard InChI is InChI=1S/C21H22N4O5/c1-4-21(15-8-6-5-7-9-15)19(27)24(20(28)23-21)12-17(26)22-18-14(3)13(2)10-11-16(18)25(29)30/h5-11H,4,12H2,1-3H3,(H,22,26)(H,23,28)/t21-/m1/s1. The molecule has 0 saturated carbocycles. The van der Waals surface area contributed by atoms with E-state index < -0.39 is 34.9 Å². The van der Waals surface area contributed by atoms with E-state index in [9.17, 15) is 24.5 Å². The molecule has 0 aliphatic carbocycles. The van der Waals surface area contributed by atoms with Gasteiger partial charge in [0.15, 0.2) is 0 Å². The van der Waals surface area contributed by atoms with Crippen LogP contribution >= 0.6 is 0 Å². The van der Waals surface area contributed by atoms with Gasteiger partial charge < -0.3 is 10.6 Å². The summed E-state index contributed by atoms with van der Waals surface area (Å²) in [5, 5.41) is 16.5. The van der Waals surface area contributed by atoms with Crippen LogP contribution in [0.15, 0.2) is 42.5 Å². The summed E-state index contributed by atoms with van der Waals surface area (Å²) in [4.78, 5) is 49.8. The average molecular weight is 410 g/mol. The summed E-state index contributed by atoms with van der Waals surface area (Å²) in [5.74, 6) is -1.23. The first-order chi connectivity index (χ1) is 14.2. The number of anilines is 1. The fourth-order valence-corrected chi connectivity index (χ4v) is 3.57. The first kappa shape index (κ1) is 21.0. The van der Waals surface area contributed by atoms with Crippen LogP contribution in [-0.4, -0.2) is 34.2 Å². The van der Waals surface area contributed by atoms with Crippen LogP contribution < -0.4 is 10.6 Å². The molecule has 1 fully saturated rings. The molecule has 1 aliphatic heterocycles. The van der Waals surface area contributed by atoms with Gasteiger partial charge in [0.2, 0.25) is 5.91 Å². The van der Waals surface area contributed by atoms with E-state index in [4.69, 9.17) is 0 Å². The van der Waals surface area contributed by atoms with E-state index in [0.717, 1.165) is 10.5 Å². The van der Waals surface area contributed by atoms with Crippen molar-refractivity contribution in [1.82, 2.24) is 10.2 Å². The van der Waals surface area contributed by atoms with Gasteiger partial charge in [-0.25, -0.2) is 4.79 Å². The van der Waals surface area contributed by atoms with E-state index >= 15 is 0 Å². The fourth-order valence-electron chi connectivity index (χ4n) is 3.57. The van der Waals surface area contributed by atoms with Gasteiger partial charge in [-0.05, 0) is 37.0 Å². The van der Waals surface area contributed by atoms with Crippen LogP contribution in [0.3, 0.4) is 0 Å². The zero-order valence-electron chi connectivity index (χ0n) is 16.9. The number of aryl methyl sites for hydroxylation is 1. The predicted octanol–water partition coefficient (Wildman–Crippen LogP) is 3.01. The van der Waals surface area contributed by atoms with Gasteiger partial charge in [0.05, 0.1) is 4.92 Å². The Morgan fingerprint density at radius 1 is 1.17 bits per heavy atom. The number of nitrogens with one attached hydrogen (secondary N) is 2. The lowest BCUT2D eigenvalue weighted by Gasteiger charge is -2.25. The molecule has 0 aromatic heterocycles. The van der Waals surface area contributed by atoms with Gasteiger partial charge in [0, 0.05) is 6.07 Å². The molecule has 156 valence electrons. The lowest BCUT2D eigenvalue weighted by molar-refractivity contribution is -0.384. The highest BCUT2D eigenvalue weighted by Crippen LogP contribution is 2.33. The molecule has 9 nitrogen and oxygen atoms in total. The molecule has 2 aromatic carbocycles. The van der Waals surface area contributed by atoms with Crippen molar-refractivity contribution in [2.75, 3.05) is 11.9 Å². The van der Waals surface area contributed by atoms with Crippen LogP contribution in [0.4, 0.5) is 16.2 Å². The number of imide groups is 1. The third kappa shape index (κ3) is 3.49. The highest BCUT2D eigenvalue weighted by atomic mass is 16.6. The SMILES string of the molecule is CC[C@]1(c2ccccc2)NC(=O)N(CC(=O)Nc2c([N+](=O)[O-])ccc(C)c2C)C1=O. The summed E-state index contributed by atoms with van der Waals surface area (Å²) < 4.78 is 0. The molecular weight excluding hydrogens is 388 g/mol. The normalized spacial score (nSPS) is 18.3. The van der Waals surface area contributed by atoms with Crippen LogP contribution in [0.1, 0.15) is 30.0 Å². The Morgan fingerprint density at radius 2 is 1.83 bits per heavy atom. The average Bonchev–Trinajstić information content (AvgIpc) is 2.97. The number of nitrogens with zero attached hydrogens (tertiary/aromatic N) is 2. The molecule has 2 aromatic rings. The summed E-state index contributed by atoms with van der Waals surface area (Å²) in [5.41, 5.74) is 0.489. The zero-order chi connectivity index (χ0) is 22.1. The number of hydrogen-bond donors (Lipinski definition) is 2. The summed E-state index contributed by atoms with van der Waals surface area (Å²) in [7, 11) is 0. The first-order valence-corrected chi connectivity index (χ1v) is 9.45. The van der Waals surface area contributed by atoms with Crippen molar-refractivity contribution in [3.05, 3.63) is 69.3 Å². The summed E-state index contributed by atoms with van der Waals surface area (Å²) in [6.07, 6.45) is 0.308. The van der Waals surface area contributed by atoms with Crippen LogP contribution in [0.25, 0.3) is 0 Å². The minimum Gasteiger partial charge on any atom is -0.319 e. The number of hydrogen-bond acceptors (Lipinski definition) is 5. The highest BCUT2D eigenvalue weighted by Gasteiger charge is 2.51. The minimum atomic E-state index is -1.25. The number of carbonyl (C=O) groups excluding carboxylic acids is 3. The van der Waals surface area contributed by atoms with E-state index in [0.29, 0.717) is 17.5 Å². The summed E-state index contributed by atoms with van der Waals surface area (Å²) >= 11 is 0. The maximum atomic E-state index is 13.1. The van der Waals surface area contributed by atoms with Crippen molar-refractivity contribution in [3.63, 3.8) is 0 Å². The number of benzene rings is 2. The maximum Gasteiger partial charge on any atom is 0.325 e. The Morgan fingerprint density at radius 3 is 2.43 bits per heavy atom. The molecule has 30 heavy (non-hydrogen) atoms. The van der Waals surface area contributed by atoms with Crippen LogP contribution in [0.5, 0.6) is 0 Å². The van der Waals surface area contributed by atoms with Crippen LogP contribution in [0.2, 0.25) is 0 Å². The fraction of sp³-hybridized carbons (Fsp3) is 0.286. The van der Waals surface area contributed by atoms with Crippen molar-refractivity contribution in [2.24, 2.45) is 0 Å². The minimum absolute atomic E-state index is 0.0573. The molecule has 1 saturated heterocycles. The molecule has 3 rings (SSSR count). The van der Waals surface area contributed by atoms with Crippen molar-refractivity contribution in [3.8, 4) is 0 Å². The molecule has 1 heterocycles. The lowest BCUT2D eigenvalue weighted by Crippen LogP contribution is -2.44. The Labute approximate surface area is 173 Å². The molecule has 4 amide bonds. The van der Waals surface area contributed by atoms with Gasteiger partial charge >= 0.3 is 6.03 Å². The third-order valence-electron chi connectivity index (χ3n) is 5.45. The van der Waals surface area contributed by atoms with E-state index in [-0.39, 0.29) is 11.4 Å². The second-order valence-corrected chi connectivity index (χ2v) is 7.15. The Hall–Kier alpha value is -3.75. The Kier molecular flexibility index (Phi) is 5.55. The molecule has 0 unspecified atom stereocenters. The smallest absolute Gasteiger partial charge is 0.319 e. The molecule has 2 N–H and O–H groups in total. The summed E-state index contributed by atoms with van der Waals surface area (Å²) in [6.45, 7) is 4.64. The number of carbonyl (C=O) groups is 3. The number of nitro groups is 1. The Bertz CT molecular complexity index is 1040. The van der Waals surface area contributed by atoms with Crippen molar-refractivity contribution >= 4 is 29.2 Å². The number of amides is 4. The topological polar surface area (TPSA) is 122 Å². The molecule has 0 radical (unpaired) electrons. The highest BCUT2D eigenvalue weighted by molar-refractivity contribution is 6.10. The molecule has 1 aliphatic rings. The van der Waals surface area contributed by atoms with Crippen molar-refractivity contribution < 1.29 is 19.3 Å². The second-order valence-electron chi connectivity index (χ2n) is 7.15. The van der Waals surface area contributed by atoms with E-state index in [1.54, 1.807) is 57.2 Å². The van der Waals surface area contributed by atoms with E-state index in [1.807, 2.05) is 0 Å². The number of urea groups is 1. The summed E-state index contributed by atoms with van der Waals surface area (Å²) in [6, 6.07) is 11.0. The van der Waals surface area contributed by atoms with Crippen molar-refractivity contribution in [2.45, 2.75) is 32.7 Å². The molecular formula is C21H22N4O5. The monoisotopic (exact) mass is 410 g/mol. The largest absolute Gasteiger partial charge is 0.325 e. The zero-order valence-corrected chi connectivity index (χ0v) is 16.9. The lowest BCUT2D eigenvalue weighted by atomic mass is 9.87. The van der Waals surface area contributed by atoms with Gasteiger partial charge in [-0.2, -0.15) is 0 Å². The van der Waals surface area contributed by atoms with Crippen molar-refractivity contribution in [1.29, 1.82) is 0 Å². The second kappa shape index (κ2) is 7.94. The van der Waals surface area contributed by atoms with E-state index in [2.05, 4.69) is 10.6 Å². The van der Waals surface area contributed by atoms with Gasteiger partial charge in [-0.15, -0.1) is 0 Å². The quantitative estimate of drug-likeness (QED) is 0.431. The third-order valence-corrected chi connectivity index (χ3v) is 5.45. The van der Waals surface area contributed by atoms with Gasteiger partial charge in [-0.1, -0.05) is 43.3 Å². The number of rotatable bonds is 6. The van der Waals surface area contributed by atoms with E-state index in [1.165, 1.54) is 6.07 Å². The predicted molar refractivity (Wildman–Crippen MR) is 110 cm³/mol. The number of nitro benzene ring substituents is 1. The van der Waals surface area contributed by atoms with Crippen LogP contribution in [-0.2, 0) is 15.1 Å². The van der Waals surface area contributed by atoms with Gasteiger partial charge in [0.1, 0.15) is 17.8 Å². The maximum absolute atomic E-state index is 13.1. The van der Waals surface area contributed by atoms with Crippen LogP contribution in [0, 0.1) is 24.0 Å². The van der Waals surface area contributed by atoms with Gasteiger partial charge in [0.25, 0.3) is 11.6 Å². The van der Waals surface area contributed by atoms with Gasteiger partial charge in [-0.3, -0.25) is 24.6 Å². The molecule has 0 spiro atoms. The molecule has 1 atom stereocenters. The molecule has 9 heteroatoms. The first-order valence-electron chi connectivity index (χ1n) is 9.45. The Balaban J connectivity index is 1.85.